The maximum Gasteiger partial charge on any atom is 0.235 e. The molecule has 5 heteroatoms. The van der Waals surface area contributed by atoms with Crippen LogP contribution in [0, 0.1) is 35.5 Å². The molecule has 4 aliphatic carbocycles. The fourth-order valence-electron chi connectivity index (χ4n) is 4.94. The van der Waals surface area contributed by atoms with Crippen molar-refractivity contribution in [1.29, 1.82) is 0 Å². The number of imide groups is 1. The summed E-state index contributed by atoms with van der Waals surface area (Å²) in [6, 6.07) is 7.31. The molecule has 118 valence electrons. The van der Waals surface area contributed by atoms with E-state index in [2.05, 4.69) is 17.5 Å². The van der Waals surface area contributed by atoms with E-state index >= 15 is 0 Å². The van der Waals surface area contributed by atoms with Gasteiger partial charge < -0.3 is 5.32 Å². The van der Waals surface area contributed by atoms with E-state index in [0.29, 0.717) is 16.9 Å². The molecule has 0 spiro atoms. The van der Waals surface area contributed by atoms with Crippen LogP contribution in [0.2, 0.25) is 5.02 Å². The first-order chi connectivity index (χ1) is 11.1. The Morgan fingerprint density at radius 1 is 1.09 bits per heavy atom. The highest BCUT2D eigenvalue weighted by molar-refractivity contribution is 6.30. The predicted octanol–water partition coefficient (Wildman–Crippen LogP) is 2.76. The number of hydrogen-bond acceptors (Lipinski definition) is 3. The van der Waals surface area contributed by atoms with Crippen molar-refractivity contribution in [2.24, 2.45) is 35.5 Å². The van der Waals surface area contributed by atoms with E-state index in [1.165, 1.54) is 11.3 Å². The number of benzene rings is 1. The summed E-state index contributed by atoms with van der Waals surface area (Å²) in [5.74, 6) is 1.60. The molecule has 5 aliphatic rings. The van der Waals surface area contributed by atoms with Gasteiger partial charge in [-0.05, 0) is 48.3 Å². The quantitative estimate of drug-likeness (QED) is 0.685. The Balaban J connectivity index is 1.37. The summed E-state index contributed by atoms with van der Waals surface area (Å²) in [6.07, 6.45) is 5.58. The highest BCUT2D eigenvalue weighted by Gasteiger charge is 2.66. The van der Waals surface area contributed by atoms with Crippen LogP contribution in [0.1, 0.15) is 6.42 Å². The van der Waals surface area contributed by atoms with Gasteiger partial charge in [0.25, 0.3) is 0 Å². The van der Waals surface area contributed by atoms with Gasteiger partial charge in [0.1, 0.15) is 0 Å². The van der Waals surface area contributed by atoms with Crippen LogP contribution in [0.25, 0.3) is 0 Å². The maximum absolute atomic E-state index is 12.8. The number of likely N-dealkylation sites (tertiary alicyclic amines) is 1. The summed E-state index contributed by atoms with van der Waals surface area (Å²) in [6.45, 7) is 0.222. The summed E-state index contributed by atoms with van der Waals surface area (Å²) in [4.78, 5) is 27.0. The minimum atomic E-state index is -0.123. The molecule has 2 bridgehead atoms. The number of allylic oxidation sites excluding steroid dienone is 2. The number of carbonyl (C=O) groups is 2. The summed E-state index contributed by atoms with van der Waals surface area (Å²) in [5, 5.41) is 3.78. The number of halogens is 1. The van der Waals surface area contributed by atoms with Crippen molar-refractivity contribution in [3.63, 3.8) is 0 Å². The standard InChI is InChI=1S/C18H17ClN2O2/c19-9-2-1-3-10(6-9)20-8-21-17(22)15-11-4-5-12(14-7-13(11)14)16(15)18(21)23/h1-6,11-16,20H,7-8H2/t11-,12-,13-,14+,15-,16+/m1/s1. The summed E-state index contributed by atoms with van der Waals surface area (Å²) < 4.78 is 0. The topological polar surface area (TPSA) is 49.4 Å². The Labute approximate surface area is 139 Å². The first kappa shape index (κ1) is 13.6. The van der Waals surface area contributed by atoms with E-state index in [0.717, 1.165) is 5.69 Å². The molecule has 2 saturated carbocycles. The van der Waals surface area contributed by atoms with Crippen LogP contribution in [-0.4, -0.2) is 23.4 Å². The molecule has 0 aromatic heterocycles. The molecular formula is C18H17ClN2O2. The highest BCUT2D eigenvalue weighted by Crippen LogP contribution is 2.65. The molecule has 6 atom stereocenters. The van der Waals surface area contributed by atoms with Crippen molar-refractivity contribution in [1.82, 2.24) is 4.90 Å². The summed E-state index contributed by atoms with van der Waals surface area (Å²) in [7, 11) is 0. The average molecular weight is 329 g/mol. The molecule has 1 aromatic rings. The fraction of sp³-hybridized carbons (Fsp3) is 0.444. The van der Waals surface area contributed by atoms with Gasteiger partial charge in [-0.15, -0.1) is 0 Å². The Morgan fingerprint density at radius 2 is 1.74 bits per heavy atom. The van der Waals surface area contributed by atoms with Crippen LogP contribution in [-0.2, 0) is 9.59 Å². The van der Waals surface area contributed by atoms with Crippen LogP contribution < -0.4 is 5.32 Å². The second-order valence-electron chi connectivity index (χ2n) is 7.10. The van der Waals surface area contributed by atoms with Gasteiger partial charge in [0.2, 0.25) is 11.8 Å². The number of rotatable bonds is 3. The van der Waals surface area contributed by atoms with Crippen LogP contribution >= 0.6 is 11.6 Å². The second-order valence-corrected chi connectivity index (χ2v) is 7.54. The number of anilines is 1. The van der Waals surface area contributed by atoms with Gasteiger partial charge in [-0.25, -0.2) is 0 Å². The number of nitrogens with zero attached hydrogens (tertiary/aromatic N) is 1. The van der Waals surface area contributed by atoms with Crippen LogP contribution in [0.5, 0.6) is 0 Å². The zero-order valence-corrected chi connectivity index (χ0v) is 13.2. The lowest BCUT2D eigenvalue weighted by molar-refractivity contribution is -0.139. The molecule has 3 fully saturated rings. The lowest BCUT2D eigenvalue weighted by Gasteiger charge is -2.37. The van der Waals surface area contributed by atoms with Crippen LogP contribution in [0.3, 0.4) is 0 Å². The maximum atomic E-state index is 12.8. The Morgan fingerprint density at radius 3 is 2.35 bits per heavy atom. The number of hydrogen-bond donors (Lipinski definition) is 1. The van der Waals surface area contributed by atoms with E-state index in [1.54, 1.807) is 12.1 Å². The number of nitrogens with one attached hydrogen (secondary N) is 1. The van der Waals surface area contributed by atoms with E-state index in [9.17, 15) is 9.59 Å². The van der Waals surface area contributed by atoms with Crippen molar-refractivity contribution in [3.8, 4) is 0 Å². The molecule has 0 radical (unpaired) electrons. The minimum Gasteiger partial charge on any atom is -0.367 e. The highest BCUT2D eigenvalue weighted by atomic mass is 35.5. The third kappa shape index (κ3) is 1.84. The van der Waals surface area contributed by atoms with E-state index in [-0.39, 0.29) is 42.2 Å². The SMILES string of the molecule is O=C1[C@@H]2[C@@H]3C=C[C@H]([C@@H]4C[C@H]34)[C@@H]2C(=O)N1CNc1cccc(Cl)c1. The molecule has 2 amide bonds. The van der Waals surface area contributed by atoms with E-state index in [1.807, 2.05) is 12.1 Å². The smallest absolute Gasteiger partial charge is 0.235 e. The van der Waals surface area contributed by atoms with Gasteiger partial charge in [0, 0.05) is 10.7 Å². The molecule has 0 unspecified atom stereocenters. The van der Waals surface area contributed by atoms with Crippen molar-refractivity contribution in [2.75, 3.05) is 12.0 Å². The van der Waals surface area contributed by atoms with Crippen LogP contribution in [0.15, 0.2) is 36.4 Å². The zero-order valence-electron chi connectivity index (χ0n) is 12.5. The van der Waals surface area contributed by atoms with Gasteiger partial charge >= 0.3 is 0 Å². The lowest BCUT2D eigenvalue weighted by Crippen LogP contribution is -2.40. The first-order valence-electron chi connectivity index (χ1n) is 8.18. The van der Waals surface area contributed by atoms with Gasteiger partial charge in [0.15, 0.2) is 0 Å². The third-order valence-electron chi connectivity index (χ3n) is 6.02. The number of carbonyl (C=O) groups excluding carboxylic acids is 2. The Bertz CT molecular complexity index is 710. The molecule has 4 nitrogen and oxygen atoms in total. The van der Waals surface area contributed by atoms with Gasteiger partial charge in [0.05, 0.1) is 18.5 Å². The van der Waals surface area contributed by atoms with Gasteiger partial charge in [-0.2, -0.15) is 0 Å². The monoisotopic (exact) mass is 328 g/mol. The van der Waals surface area contributed by atoms with Crippen molar-refractivity contribution >= 4 is 29.1 Å². The second kappa shape index (κ2) is 4.60. The zero-order chi connectivity index (χ0) is 15.7. The first-order valence-corrected chi connectivity index (χ1v) is 8.56. The number of amides is 2. The molecule has 1 aromatic carbocycles. The largest absolute Gasteiger partial charge is 0.367 e. The molecular weight excluding hydrogens is 312 g/mol. The lowest BCUT2D eigenvalue weighted by atomic mass is 9.63. The third-order valence-corrected chi connectivity index (χ3v) is 6.26. The normalized spacial score (nSPS) is 39.4. The summed E-state index contributed by atoms with van der Waals surface area (Å²) >= 11 is 5.97. The molecule has 23 heavy (non-hydrogen) atoms. The summed E-state index contributed by atoms with van der Waals surface area (Å²) in [5.41, 5.74) is 0.817. The Hall–Kier alpha value is -1.81. The fourth-order valence-corrected chi connectivity index (χ4v) is 5.13. The van der Waals surface area contributed by atoms with Crippen LogP contribution in [0.4, 0.5) is 5.69 Å². The van der Waals surface area contributed by atoms with Gasteiger partial charge in [-0.1, -0.05) is 29.8 Å². The van der Waals surface area contributed by atoms with E-state index in [4.69, 9.17) is 11.6 Å². The van der Waals surface area contributed by atoms with Gasteiger partial charge in [-0.3, -0.25) is 14.5 Å². The van der Waals surface area contributed by atoms with Crippen molar-refractivity contribution < 1.29 is 9.59 Å². The molecule has 1 aliphatic heterocycles. The minimum absolute atomic E-state index is 0.000715. The molecule has 1 saturated heterocycles. The van der Waals surface area contributed by atoms with Crippen molar-refractivity contribution in [2.45, 2.75) is 6.42 Å². The Kier molecular flexibility index (Phi) is 2.72. The van der Waals surface area contributed by atoms with Crippen molar-refractivity contribution in [3.05, 3.63) is 41.4 Å². The predicted molar refractivity (Wildman–Crippen MR) is 86.5 cm³/mol. The average Bonchev–Trinajstić information content (AvgIpc) is 3.32. The molecule has 1 heterocycles. The molecule has 6 rings (SSSR count). The molecule has 1 N–H and O–H groups in total. The van der Waals surface area contributed by atoms with E-state index < -0.39 is 0 Å².